The van der Waals surface area contributed by atoms with Gasteiger partial charge in [0.2, 0.25) is 0 Å². The van der Waals surface area contributed by atoms with E-state index >= 15 is 0 Å². The molecule has 0 saturated carbocycles. The number of thioether (sulfide) groups is 1. The molecule has 0 aromatic heterocycles. The van der Waals surface area contributed by atoms with E-state index in [0.29, 0.717) is 26.4 Å². The number of amides is 1. The van der Waals surface area contributed by atoms with Crippen LogP contribution in [-0.4, -0.2) is 33.9 Å². The van der Waals surface area contributed by atoms with Gasteiger partial charge in [-0.3, -0.25) is 9.69 Å². The predicted molar refractivity (Wildman–Crippen MR) is 89.7 cm³/mol. The Bertz CT molecular complexity index is 658. The molecule has 1 heterocycles. The molecule has 110 valence electrons. The lowest BCUT2D eigenvalue weighted by Crippen LogP contribution is -2.27. The average molecular weight is 342 g/mol. The summed E-state index contributed by atoms with van der Waals surface area (Å²) in [6, 6.07) is 3.05. The van der Waals surface area contributed by atoms with E-state index in [1.807, 2.05) is 0 Å². The van der Waals surface area contributed by atoms with E-state index in [0.717, 1.165) is 0 Å². The number of ether oxygens (including phenoxy) is 1. The summed E-state index contributed by atoms with van der Waals surface area (Å²) in [5.74, 6) is -0.0468. The number of aromatic hydroxyl groups is 1. The van der Waals surface area contributed by atoms with Crippen LogP contribution in [0.4, 0.5) is 0 Å². The van der Waals surface area contributed by atoms with Crippen LogP contribution in [0, 0.1) is 0 Å². The van der Waals surface area contributed by atoms with Gasteiger partial charge in [0.25, 0.3) is 5.91 Å². The molecule has 1 aliphatic heterocycles. The third-order valence-corrected chi connectivity index (χ3v) is 4.36. The Balaban J connectivity index is 2.41. The number of thiocarbonyl (C=S) groups is 1. The topological polar surface area (TPSA) is 49.8 Å². The molecule has 21 heavy (non-hydrogen) atoms. The molecule has 1 saturated heterocycles. The summed E-state index contributed by atoms with van der Waals surface area (Å²) < 4.78 is 5.49. The van der Waals surface area contributed by atoms with E-state index in [4.69, 9.17) is 28.6 Å². The van der Waals surface area contributed by atoms with Crippen LogP contribution in [0.2, 0.25) is 5.02 Å². The van der Waals surface area contributed by atoms with Crippen LogP contribution in [0.3, 0.4) is 0 Å². The Hall–Kier alpha value is -1.50. The van der Waals surface area contributed by atoms with Crippen LogP contribution in [0.1, 0.15) is 5.56 Å². The molecule has 2 rings (SSSR count). The summed E-state index contributed by atoms with van der Waals surface area (Å²) in [5.41, 5.74) is 0.401. The molecule has 1 fully saturated rings. The maximum absolute atomic E-state index is 12.2. The highest BCUT2D eigenvalue weighted by molar-refractivity contribution is 8.26. The second-order valence-electron chi connectivity index (χ2n) is 4.13. The van der Waals surface area contributed by atoms with Crippen molar-refractivity contribution in [1.29, 1.82) is 0 Å². The zero-order valence-corrected chi connectivity index (χ0v) is 13.5. The predicted octanol–water partition coefficient (Wildman–Crippen LogP) is 3.44. The number of phenolic OH excluding ortho intramolecular Hbond substituents is 1. The number of hydrogen-bond acceptors (Lipinski definition) is 5. The molecule has 1 aliphatic rings. The van der Waals surface area contributed by atoms with Gasteiger partial charge in [-0.05, 0) is 12.1 Å². The van der Waals surface area contributed by atoms with Gasteiger partial charge in [-0.25, -0.2) is 0 Å². The first-order valence-electron chi connectivity index (χ1n) is 5.90. The highest BCUT2D eigenvalue weighted by atomic mass is 35.5. The molecule has 1 amide bonds. The van der Waals surface area contributed by atoms with Gasteiger partial charge in [0.1, 0.15) is 4.32 Å². The molecule has 1 aromatic rings. The van der Waals surface area contributed by atoms with E-state index in [1.54, 1.807) is 18.2 Å². The number of carbonyl (C=O) groups excluding carboxylic acids is 1. The van der Waals surface area contributed by atoms with Gasteiger partial charge in [0.15, 0.2) is 11.5 Å². The average Bonchev–Trinajstić information content (AvgIpc) is 2.70. The quantitative estimate of drug-likeness (QED) is 0.516. The minimum Gasteiger partial charge on any atom is -0.504 e. The number of halogens is 1. The minimum atomic E-state index is -0.219. The first kappa shape index (κ1) is 15.9. The highest BCUT2D eigenvalue weighted by Crippen LogP contribution is 2.38. The number of hydrogen-bond donors (Lipinski definition) is 1. The molecule has 0 atom stereocenters. The van der Waals surface area contributed by atoms with Gasteiger partial charge in [0, 0.05) is 23.2 Å². The molecular formula is C14H12ClNO3S2. The molecule has 4 nitrogen and oxygen atoms in total. The lowest BCUT2D eigenvalue weighted by Gasteiger charge is -2.10. The van der Waals surface area contributed by atoms with Gasteiger partial charge in [-0.15, -0.1) is 6.58 Å². The van der Waals surface area contributed by atoms with E-state index in [2.05, 4.69) is 6.58 Å². The maximum atomic E-state index is 12.2. The number of carbonyl (C=O) groups is 1. The SMILES string of the molecule is C=CCN1C(=O)/C(=C/c2cc(Cl)cc(OC)c2O)SC1=S. The number of rotatable bonds is 4. The zero-order valence-electron chi connectivity index (χ0n) is 11.1. The Labute approximate surface area is 137 Å². The normalized spacial score (nSPS) is 16.7. The Kier molecular flexibility index (Phi) is 4.92. The molecular weight excluding hydrogens is 330 g/mol. The van der Waals surface area contributed by atoms with Gasteiger partial charge in [0.05, 0.1) is 12.0 Å². The fourth-order valence-electron chi connectivity index (χ4n) is 1.79. The molecule has 0 unspecified atom stereocenters. The fraction of sp³-hybridized carbons (Fsp3) is 0.143. The van der Waals surface area contributed by atoms with Crippen molar-refractivity contribution >= 4 is 51.9 Å². The smallest absolute Gasteiger partial charge is 0.266 e. The molecule has 0 aliphatic carbocycles. The lowest BCUT2D eigenvalue weighted by atomic mass is 10.1. The van der Waals surface area contributed by atoms with Crippen LogP contribution < -0.4 is 4.74 Å². The van der Waals surface area contributed by atoms with Gasteiger partial charge in [-0.2, -0.15) is 0 Å². The van der Waals surface area contributed by atoms with Crippen LogP contribution in [0.25, 0.3) is 6.08 Å². The second kappa shape index (κ2) is 6.51. The number of methoxy groups -OCH3 is 1. The van der Waals surface area contributed by atoms with Crippen molar-refractivity contribution in [2.24, 2.45) is 0 Å². The first-order chi connectivity index (χ1) is 9.97. The van der Waals surface area contributed by atoms with Gasteiger partial charge >= 0.3 is 0 Å². The maximum Gasteiger partial charge on any atom is 0.266 e. The highest BCUT2D eigenvalue weighted by Gasteiger charge is 2.31. The van der Waals surface area contributed by atoms with Gasteiger partial charge in [-0.1, -0.05) is 41.7 Å². The van der Waals surface area contributed by atoms with E-state index < -0.39 is 0 Å². The van der Waals surface area contributed by atoms with Crippen molar-refractivity contribution in [1.82, 2.24) is 4.90 Å². The number of benzene rings is 1. The number of nitrogens with zero attached hydrogens (tertiary/aromatic N) is 1. The summed E-state index contributed by atoms with van der Waals surface area (Å²) in [6.07, 6.45) is 3.15. The third kappa shape index (κ3) is 3.23. The van der Waals surface area contributed by atoms with E-state index in [1.165, 1.54) is 29.8 Å². The molecule has 1 N–H and O–H groups in total. The van der Waals surface area contributed by atoms with Gasteiger partial charge < -0.3 is 9.84 Å². The van der Waals surface area contributed by atoms with Crippen molar-refractivity contribution < 1.29 is 14.6 Å². The van der Waals surface area contributed by atoms with Crippen LogP contribution in [-0.2, 0) is 4.79 Å². The summed E-state index contributed by atoms with van der Waals surface area (Å²) in [6.45, 7) is 3.95. The van der Waals surface area contributed by atoms with Crippen molar-refractivity contribution in [3.63, 3.8) is 0 Å². The standard InChI is InChI=1S/C14H12ClNO3S2/c1-3-4-16-13(18)11(21-14(16)20)6-8-5-9(15)7-10(19-2)12(8)17/h3,5-7,17H,1,4H2,2H3/b11-6-. The summed E-state index contributed by atoms with van der Waals surface area (Å²) in [5, 5.41) is 10.5. The molecule has 1 aromatic carbocycles. The van der Waals surface area contributed by atoms with Crippen LogP contribution in [0.15, 0.2) is 29.7 Å². The Morgan fingerprint density at radius 1 is 1.57 bits per heavy atom. The Morgan fingerprint density at radius 2 is 2.29 bits per heavy atom. The molecule has 0 bridgehead atoms. The van der Waals surface area contributed by atoms with Crippen LogP contribution in [0.5, 0.6) is 11.5 Å². The zero-order chi connectivity index (χ0) is 15.6. The minimum absolute atomic E-state index is 0.0733. The van der Waals surface area contributed by atoms with Crippen molar-refractivity contribution in [3.05, 3.63) is 40.3 Å². The monoisotopic (exact) mass is 341 g/mol. The lowest BCUT2D eigenvalue weighted by molar-refractivity contribution is -0.121. The summed E-state index contributed by atoms with van der Waals surface area (Å²) in [4.78, 5) is 14.1. The molecule has 0 spiro atoms. The number of phenols is 1. The van der Waals surface area contributed by atoms with Crippen molar-refractivity contribution in [2.45, 2.75) is 0 Å². The first-order valence-corrected chi connectivity index (χ1v) is 7.51. The van der Waals surface area contributed by atoms with Crippen molar-refractivity contribution in [3.8, 4) is 11.5 Å². The summed E-state index contributed by atoms with van der Waals surface area (Å²) in [7, 11) is 1.43. The second-order valence-corrected chi connectivity index (χ2v) is 6.24. The molecule has 0 radical (unpaired) electrons. The third-order valence-electron chi connectivity index (χ3n) is 2.76. The van der Waals surface area contributed by atoms with E-state index in [9.17, 15) is 9.90 Å². The summed E-state index contributed by atoms with van der Waals surface area (Å²) >= 11 is 12.3. The van der Waals surface area contributed by atoms with Crippen LogP contribution >= 0.6 is 35.6 Å². The largest absolute Gasteiger partial charge is 0.504 e. The molecule has 7 heteroatoms. The van der Waals surface area contributed by atoms with Crippen molar-refractivity contribution in [2.75, 3.05) is 13.7 Å². The fourth-order valence-corrected chi connectivity index (χ4v) is 3.27. The Morgan fingerprint density at radius 3 is 2.90 bits per heavy atom. The van der Waals surface area contributed by atoms with E-state index in [-0.39, 0.29) is 17.4 Å².